The summed E-state index contributed by atoms with van der Waals surface area (Å²) in [6.07, 6.45) is 1.25. The minimum Gasteiger partial charge on any atom is -0.345 e. The van der Waals surface area contributed by atoms with Crippen LogP contribution in [0.3, 0.4) is 0 Å². The summed E-state index contributed by atoms with van der Waals surface area (Å²) in [6, 6.07) is 24.5. The molecule has 1 aliphatic rings. The van der Waals surface area contributed by atoms with Gasteiger partial charge in [0.15, 0.2) is 0 Å². The van der Waals surface area contributed by atoms with E-state index in [1.807, 2.05) is 91.1 Å². The maximum atomic E-state index is 12.9. The summed E-state index contributed by atoms with van der Waals surface area (Å²) < 4.78 is 0.442. The zero-order chi connectivity index (χ0) is 22.3. The highest BCUT2D eigenvalue weighted by Crippen LogP contribution is 2.43. The first kappa shape index (κ1) is 22.5. The molecule has 0 saturated carbocycles. The lowest BCUT2D eigenvalue weighted by molar-refractivity contribution is 0.0941. The second-order valence-electron chi connectivity index (χ2n) is 7.65. The van der Waals surface area contributed by atoms with E-state index >= 15 is 0 Å². The molecule has 2 amide bonds. The Morgan fingerprint density at radius 2 is 1.50 bits per heavy atom. The standard InChI is InChI=1S/C26H26N2O2S2/c1-18(19-8-3-2-4-9-19)27-25(30)22-10-5-6-11-23(22)28-24(29)20-12-14-21(15-13-20)26-31-16-7-17-32-26/h2-6,8-15,18,26H,7,16-17H2,1H3,(H,27,30)(H,28,29). The minimum absolute atomic E-state index is 0.143. The Labute approximate surface area is 197 Å². The van der Waals surface area contributed by atoms with E-state index in [2.05, 4.69) is 10.6 Å². The summed E-state index contributed by atoms with van der Waals surface area (Å²) in [6.45, 7) is 1.94. The lowest BCUT2D eigenvalue weighted by Crippen LogP contribution is -2.28. The molecule has 1 atom stereocenters. The SMILES string of the molecule is CC(NC(=O)c1ccccc1NC(=O)c1ccc(C2SCCCS2)cc1)c1ccccc1. The molecule has 1 heterocycles. The number of hydrogen-bond donors (Lipinski definition) is 2. The van der Waals surface area contributed by atoms with Gasteiger partial charge >= 0.3 is 0 Å². The Morgan fingerprint density at radius 1 is 0.844 bits per heavy atom. The number of benzene rings is 3. The fraction of sp³-hybridized carbons (Fsp3) is 0.231. The lowest BCUT2D eigenvalue weighted by atomic mass is 10.1. The average Bonchev–Trinajstić information content (AvgIpc) is 2.85. The third-order valence-corrected chi connectivity index (χ3v) is 8.35. The van der Waals surface area contributed by atoms with E-state index in [-0.39, 0.29) is 17.9 Å². The molecule has 4 rings (SSSR count). The summed E-state index contributed by atoms with van der Waals surface area (Å²) in [4.78, 5) is 25.8. The third-order valence-electron chi connectivity index (χ3n) is 5.34. The largest absolute Gasteiger partial charge is 0.345 e. The highest BCUT2D eigenvalue weighted by atomic mass is 32.2. The Hall–Kier alpha value is -2.70. The quantitative estimate of drug-likeness (QED) is 0.451. The van der Waals surface area contributed by atoms with Crippen molar-refractivity contribution in [3.63, 3.8) is 0 Å². The van der Waals surface area contributed by atoms with E-state index in [1.165, 1.54) is 23.5 Å². The highest BCUT2D eigenvalue weighted by Gasteiger charge is 2.19. The van der Waals surface area contributed by atoms with Crippen LogP contribution in [0.15, 0.2) is 78.9 Å². The van der Waals surface area contributed by atoms with E-state index < -0.39 is 0 Å². The van der Waals surface area contributed by atoms with E-state index in [4.69, 9.17) is 0 Å². The van der Waals surface area contributed by atoms with Crippen LogP contribution in [0.1, 0.15) is 55.8 Å². The van der Waals surface area contributed by atoms with Gasteiger partial charge in [0, 0.05) is 5.56 Å². The van der Waals surface area contributed by atoms with Crippen LogP contribution >= 0.6 is 23.5 Å². The van der Waals surface area contributed by atoms with Gasteiger partial charge in [0.05, 0.1) is 21.9 Å². The van der Waals surface area contributed by atoms with Crippen LogP contribution in [0.5, 0.6) is 0 Å². The molecule has 0 bridgehead atoms. The van der Waals surface area contributed by atoms with Crippen LogP contribution in [0.25, 0.3) is 0 Å². The van der Waals surface area contributed by atoms with Crippen molar-refractivity contribution in [2.75, 3.05) is 16.8 Å². The maximum absolute atomic E-state index is 12.9. The van der Waals surface area contributed by atoms with Crippen LogP contribution in [0.4, 0.5) is 5.69 Å². The van der Waals surface area contributed by atoms with Crippen molar-refractivity contribution in [3.05, 3.63) is 101 Å². The molecule has 3 aromatic carbocycles. The maximum Gasteiger partial charge on any atom is 0.255 e. The number of rotatable bonds is 6. The predicted molar refractivity (Wildman–Crippen MR) is 135 cm³/mol. The van der Waals surface area contributed by atoms with Crippen LogP contribution < -0.4 is 10.6 Å². The molecule has 0 spiro atoms. The summed E-state index contributed by atoms with van der Waals surface area (Å²) >= 11 is 3.92. The van der Waals surface area contributed by atoms with Gasteiger partial charge in [-0.1, -0.05) is 54.6 Å². The molecular formula is C26H26N2O2S2. The number of carbonyl (C=O) groups excluding carboxylic acids is 2. The van der Waals surface area contributed by atoms with Crippen LogP contribution in [-0.4, -0.2) is 23.3 Å². The molecule has 1 fully saturated rings. The first-order valence-corrected chi connectivity index (χ1v) is 12.8. The summed E-state index contributed by atoms with van der Waals surface area (Å²) in [5.74, 6) is 1.92. The Kier molecular flexibility index (Phi) is 7.55. The fourth-order valence-corrected chi connectivity index (χ4v) is 6.45. The van der Waals surface area contributed by atoms with Crippen molar-refractivity contribution in [1.29, 1.82) is 0 Å². The normalized spacial score (nSPS) is 15.0. The third kappa shape index (κ3) is 5.56. The van der Waals surface area contributed by atoms with Crippen molar-refractivity contribution in [2.45, 2.75) is 24.0 Å². The fourth-order valence-electron chi connectivity index (χ4n) is 3.56. The smallest absolute Gasteiger partial charge is 0.255 e. The van der Waals surface area contributed by atoms with Crippen molar-refractivity contribution in [1.82, 2.24) is 5.32 Å². The number of para-hydroxylation sites is 1. The first-order valence-electron chi connectivity index (χ1n) is 10.7. The number of nitrogens with one attached hydrogen (secondary N) is 2. The number of anilines is 1. The summed E-state index contributed by atoms with van der Waals surface area (Å²) in [7, 11) is 0. The van der Waals surface area contributed by atoms with E-state index in [0.717, 1.165) is 5.56 Å². The van der Waals surface area contributed by atoms with Crippen LogP contribution in [-0.2, 0) is 0 Å². The van der Waals surface area contributed by atoms with E-state index in [9.17, 15) is 9.59 Å². The zero-order valence-corrected chi connectivity index (χ0v) is 19.5. The number of thioether (sulfide) groups is 2. The van der Waals surface area contributed by atoms with Gasteiger partial charge in [-0.25, -0.2) is 0 Å². The number of hydrogen-bond acceptors (Lipinski definition) is 4. The summed E-state index contributed by atoms with van der Waals surface area (Å²) in [5.41, 5.74) is 3.78. The van der Waals surface area contributed by atoms with Crippen molar-refractivity contribution in [2.24, 2.45) is 0 Å². The minimum atomic E-state index is -0.225. The van der Waals surface area contributed by atoms with E-state index in [1.54, 1.807) is 18.2 Å². The van der Waals surface area contributed by atoms with Gasteiger partial charge in [0.25, 0.3) is 11.8 Å². The first-order chi connectivity index (χ1) is 15.6. The van der Waals surface area contributed by atoms with Gasteiger partial charge in [-0.2, -0.15) is 0 Å². The second kappa shape index (κ2) is 10.7. The molecule has 1 saturated heterocycles. The molecule has 1 aliphatic heterocycles. The number of carbonyl (C=O) groups is 2. The molecule has 0 aliphatic carbocycles. The monoisotopic (exact) mass is 462 g/mol. The molecule has 0 aromatic heterocycles. The molecule has 164 valence electrons. The lowest BCUT2D eigenvalue weighted by Gasteiger charge is -2.21. The van der Waals surface area contributed by atoms with Gasteiger partial charge < -0.3 is 10.6 Å². The average molecular weight is 463 g/mol. The van der Waals surface area contributed by atoms with Crippen molar-refractivity contribution < 1.29 is 9.59 Å². The van der Waals surface area contributed by atoms with Crippen molar-refractivity contribution >= 4 is 41.0 Å². The molecule has 3 aromatic rings. The number of amides is 2. The predicted octanol–water partition coefficient (Wildman–Crippen LogP) is 6.30. The van der Waals surface area contributed by atoms with Crippen molar-refractivity contribution in [3.8, 4) is 0 Å². The van der Waals surface area contributed by atoms with Crippen LogP contribution in [0.2, 0.25) is 0 Å². The molecule has 4 nitrogen and oxygen atoms in total. The van der Waals surface area contributed by atoms with E-state index in [0.29, 0.717) is 21.4 Å². The molecule has 6 heteroatoms. The van der Waals surface area contributed by atoms with Gasteiger partial charge in [-0.15, -0.1) is 23.5 Å². The molecule has 1 unspecified atom stereocenters. The Bertz CT molecular complexity index is 1060. The van der Waals surface area contributed by atoms with Crippen LogP contribution in [0, 0.1) is 0 Å². The Balaban J connectivity index is 1.44. The summed E-state index contributed by atoms with van der Waals surface area (Å²) in [5, 5.41) is 5.92. The molecular weight excluding hydrogens is 436 g/mol. The Morgan fingerprint density at radius 3 is 2.22 bits per heavy atom. The molecule has 2 N–H and O–H groups in total. The van der Waals surface area contributed by atoms with Gasteiger partial charge in [-0.05, 0) is 60.2 Å². The molecule has 0 radical (unpaired) electrons. The zero-order valence-electron chi connectivity index (χ0n) is 17.9. The van der Waals surface area contributed by atoms with Gasteiger partial charge in [0.2, 0.25) is 0 Å². The topological polar surface area (TPSA) is 58.2 Å². The van der Waals surface area contributed by atoms with Gasteiger partial charge in [0.1, 0.15) is 0 Å². The molecule has 32 heavy (non-hydrogen) atoms. The highest BCUT2D eigenvalue weighted by molar-refractivity contribution is 8.16. The second-order valence-corrected chi connectivity index (χ2v) is 10.4. The van der Waals surface area contributed by atoms with Gasteiger partial charge in [-0.3, -0.25) is 9.59 Å².